The predicted octanol–water partition coefficient (Wildman–Crippen LogP) is 3.90. The summed E-state index contributed by atoms with van der Waals surface area (Å²) in [5.41, 5.74) is 5.05. The van der Waals surface area contributed by atoms with Gasteiger partial charge >= 0.3 is 0 Å². The number of halogens is 1. The van der Waals surface area contributed by atoms with E-state index in [2.05, 4.69) is 36.9 Å². The number of pyridine rings is 2. The molecule has 4 fully saturated rings. The van der Waals surface area contributed by atoms with Crippen molar-refractivity contribution in [1.82, 2.24) is 24.4 Å². The third kappa shape index (κ3) is 5.45. The number of aromatic nitrogens is 3. The summed E-state index contributed by atoms with van der Waals surface area (Å²) in [6.45, 7) is 9.04. The molecule has 0 amide bonds. The van der Waals surface area contributed by atoms with Gasteiger partial charge in [-0.25, -0.2) is 13.9 Å². The number of methoxy groups -OCH3 is 1. The number of benzene rings is 1. The standard InChI is InChI=1S/C33H36FN7O3/c1-22-11-28(29-13-27(21-41-33(29)24(15-35)17-37-41)44-10-7-38-5-8-43-9-6-38)30(34)14-31(22)39-19-25-12-26(20-39)40(25)18-23-3-4-32(42-2)36-16-23/h3-4,11,13-14,16-17,21,25-26H,5-10,12,18-20H2,1-2H3. The number of piperidine rings is 1. The molecule has 11 heteroatoms. The fourth-order valence-corrected chi connectivity index (χ4v) is 6.78. The highest BCUT2D eigenvalue weighted by molar-refractivity contribution is 5.86. The molecule has 2 unspecified atom stereocenters. The smallest absolute Gasteiger partial charge is 0.212 e. The molecule has 4 aromatic rings. The van der Waals surface area contributed by atoms with E-state index < -0.39 is 0 Å². The van der Waals surface area contributed by atoms with Gasteiger partial charge in [-0.15, -0.1) is 0 Å². The molecule has 228 valence electrons. The normalized spacial score (nSPS) is 20.4. The van der Waals surface area contributed by atoms with E-state index >= 15 is 4.39 Å². The fraction of sp³-hybridized carbons (Fsp3) is 0.424. The van der Waals surface area contributed by atoms with E-state index in [4.69, 9.17) is 14.2 Å². The van der Waals surface area contributed by atoms with Crippen LogP contribution in [0.5, 0.6) is 11.6 Å². The molecule has 8 rings (SSSR count). The van der Waals surface area contributed by atoms with Crippen LogP contribution in [0.3, 0.4) is 0 Å². The molecule has 0 saturated carbocycles. The van der Waals surface area contributed by atoms with E-state index in [1.165, 1.54) is 6.20 Å². The zero-order valence-electron chi connectivity index (χ0n) is 25.1. The van der Waals surface area contributed by atoms with Gasteiger partial charge in [0.05, 0.1) is 43.8 Å². The van der Waals surface area contributed by atoms with Crippen molar-refractivity contribution in [2.75, 3.05) is 64.6 Å². The number of hydrogen-bond acceptors (Lipinski definition) is 9. The van der Waals surface area contributed by atoms with Gasteiger partial charge in [0.15, 0.2) is 0 Å². The first kappa shape index (κ1) is 28.5. The molecule has 0 N–H and O–H groups in total. The third-order valence-electron chi connectivity index (χ3n) is 9.12. The maximum absolute atomic E-state index is 16.1. The Kier molecular flexibility index (Phi) is 7.80. The molecule has 4 aliphatic rings. The first-order valence-electron chi connectivity index (χ1n) is 15.1. The highest BCUT2D eigenvalue weighted by atomic mass is 19.1. The molecular weight excluding hydrogens is 561 g/mol. The van der Waals surface area contributed by atoms with Crippen molar-refractivity contribution in [3.8, 4) is 28.8 Å². The lowest BCUT2D eigenvalue weighted by Gasteiger charge is -2.57. The molecule has 44 heavy (non-hydrogen) atoms. The Morgan fingerprint density at radius 3 is 2.64 bits per heavy atom. The van der Waals surface area contributed by atoms with E-state index in [0.29, 0.717) is 52.5 Å². The summed E-state index contributed by atoms with van der Waals surface area (Å²) in [4.78, 5) is 11.5. The van der Waals surface area contributed by atoms with Crippen LogP contribution < -0.4 is 14.4 Å². The number of piperazine rings is 1. The summed E-state index contributed by atoms with van der Waals surface area (Å²) in [6, 6.07) is 12.4. The van der Waals surface area contributed by atoms with Gasteiger partial charge < -0.3 is 19.1 Å². The van der Waals surface area contributed by atoms with Crippen LogP contribution in [0.25, 0.3) is 16.6 Å². The van der Waals surface area contributed by atoms with E-state index in [9.17, 15) is 5.26 Å². The highest BCUT2D eigenvalue weighted by Gasteiger charge is 2.44. The number of nitriles is 1. The van der Waals surface area contributed by atoms with Crippen LogP contribution in [0.4, 0.5) is 10.1 Å². The van der Waals surface area contributed by atoms with Gasteiger partial charge in [0.2, 0.25) is 5.88 Å². The fourth-order valence-electron chi connectivity index (χ4n) is 6.78. The van der Waals surface area contributed by atoms with Gasteiger partial charge in [0.25, 0.3) is 0 Å². The monoisotopic (exact) mass is 597 g/mol. The molecule has 2 bridgehead atoms. The van der Waals surface area contributed by atoms with Crippen molar-refractivity contribution >= 4 is 11.2 Å². The average molecular weight is 598 g/mol. The second-order valence-electron chi connectivity index (χ2n) is 11.8. The summed E-state index contributed by atoms with van der Waals surface area (Å²) < 4.78 is 34.4. The number of aryl methyl sites for hydroxylation is 1. The molecule has 0 aliphatic carbocycles. The minimum Gasteiger partial charge on any atom is -0.491 e. The Bertz CT molecular complexity index is 1680. The molecule has 2 atom stereocenters. The van der Waals surface area contributed by atoms with Crippen molar-refractivity contribution in [2.24, 2.45) is 0 Å². The Hall–Kier alpha value is -4.24. The van der Waals surface area contributed by atoms with Gasteiger partial charge in [-0.3, -0.25) is 9.80 Å². The molecule has 7 heterocycles. The number of hydrogen-bond donors (Lipinski definition) is 0. The van der Waals surface area contributed by atoms with Crippen LogP contribution in [0.15, 0.2) is 48.9 Å². The zero-order valence-corrected chi connectivity index (χ0v) is 25.1. The van der Waals surface area contributed by atoms with E-state index in [0.717, 1.165) is 75.7 Å². The third-order valence-corrected chi connectivity index (χ3v) is 9.12. The number of rotatable bonds is 9. The minimum absolute atomic E-state index is 0.330. The average Bonchev–Trinajstić information content (AvgIpc) is 3.48. The van der Waals surface area contributed by atoms with Crippen molar-refractivity contribution in [3.63, 3.8) is 0 Å². The molecule has 0 radical (unpaired) electrons. The van der Waals surface area contributed by atoms with Crippen molar-refractivity contribution < 1.29 is 18.6 Å². The Labute approximate surface area is 256 Å². The lowest BCUT2D eigenvalue weighted by Crippen LogP contribution is -2.68. The van der Waals surface area contributed by atoms with Gasteiger partial charge in [-0.2, -0.15) is 10.4 Å². The minimum atomic E-state index is -0.330. The maximum Gasteiger partial charge on any atom is 0.212 e. The first-order valence-corrected chi connectivity index (χ1v) is 15.1. The van der Waals surface area contributed by atoms with Crippen LogP contribution in [0.1, 0.15) is 23.1 Å². The Morgan fingerprint density at radius 1 is 1.09 bits per heavy atom. The van der Waals surface area contributed by atoms with Gasteiger partial charge in [0.1, 0.15) is 24.2 Å². The van der Waals surface area contributed by atoms with Crippen LogP contribution in [-0.2, 0) is 11.3 Å². The Balaban J connectivity index is 1.10. The molecule has 10 nitrogen and oxygen atoms in total. The van der Waals surface area contributed by atoms with Crippen LogP contribution in [0, 0.1) is 24.1 Å². The Morgan fingerprint density at radius 2 is 1.91 bits per heavy atom. The SMILES string of the molecule is COc1ccc(CN2C3CC2CN(c2cc(F)c(-c4cc(OCCN5CCOCC5)cn5ncc(C#N)c45)cc2C)C3)cn1. The molecular formula is C33H36FN7O3. The van der Waals surface area contributed by atoms with E-state index in [1.807, 2.05) is 31.3 Å². The second-order valence-corrected chi connectivity index (χ2v) is 11.8. The number of ether oxygens (including phenoxy) is 3. The molecule has 4 saturated heterocycles. The quantitative estimate of drug-likeness (QED) is 0.285. The molecule has 0 spiro atoms. The largest absolute Gasteiger partial charge is 0.491 e. The maximum atomic E-state index is 16.1. The number of fused-ring (bicyclic) bond motifs is 3. The topological polar surface area (TPSA) is 91.4 Å². The first-order chi connectivity index (χ1) is 21.5. The van der Waals surface area contributed by atoms with Crippen molar-refractivity contribution in [1.29, 1.82) is 5.26 Å². The summed E-state index contributed by atoms with van der Waals surface area (Å²) >= 11 is 0. The van der Waals surface area contributed by atoms with Crippen LogP contribution in [0.2, 0.25) is 0 Å². The number of nitrogens with zero attached hydrogens (tertiary/aromatic N) is 7. The van der Waals surface area contributed by atoms with Gasteiger partial charge in [-0.05, 0) is 42.7 Å². The number of morpholine rings is 1. The molecule has 4 aliphatic heterocycles. The van der Waals surface area contributed by atoms with E-state index in [1.54, 1.807) is 23.9 Å². The summed E-state index contributed by atoms with van der Waals surface area (Å²) in [7, 11) is 1.62. The van der Waals surface area contributed by atoms with Crippen LogP contribution in [-0.4, -0.2) is 96.1 Å². The van der Waals surface area contributed by atoms with Crippen LogP contribution >= 0.6 is 0 Å². The van der Waals surface area contributed by atoms with Gasteiger partial charge in [0, 0.05) is 80.4 Å². The summed E-state index contributed by atoms with van der Waals surface area (Å²) in [6.07, 6.45) is 6.30. The molecule has 3 aromatic heterocycles. The molecule has 1 aromatic carbocycles. The number of anilines is 1. The predicted molar refractivity (Wildman–Crippen MR) is 164 cm³/mol. The van der Waals surface area contributed by atoms with Gasteiger partial charge in [-0.1, -0.05) is 6.07 Å². The van der Waals surface area contributed by atoms with Crippen molar-refractivity contribution in [2.45, 2.75) is 32.0 Å². The summed E-state index contributed by atoms with van der Waals surface area (Å²) in [5.74, 6) is 0.867. The zero-order chi connectivity index (χ0) is 30.2. The highest BCUT2D eigenvalue weighted by Crippen LogP contribution is 2.40. The second kappa shape index (κ2) is 12.0. The van der Waals surface area contributed by atoms with E-state index in [-0.39, 0.29) is 5.82 Å². The summed E-state index contributed by atoms with van der Waals surface area (Å²) in [5, 5.41) is 14.2. The van der Waals surface area contributed by atoms with Crippen molar-refractivity contribution in [3.05, 3.63) is 71.4 Å². The lowest BCUT2D eigenvalue weighted by molar-refractivity contribution is -0.00856. The lowest BCUT2D eigenvalue weighted by atomic mass is 9.86.